The van der Waals surface area contributed by atoms with E-state index in [1.54, 1.807) is 26.1 Å². The van der Waals surface area contributed by atoms with Gasteiger partial charge in [0.25, 0.3) is 5.91 Å². The molecule has 2 aromatic heterocycles. The van der Waals surface area contributed by atoms with E-state index in [1.165, 1.54) is 47.4 Å². The topological polar surface area (TPSA) is 152 Å². The third kappa shape index (κ3) is 6.33. The summed E-state index contributed by atoms with van der Waals surface area (Å²) in [5, 5.41) is 12.4. The third-order valence-corrected chi connectivity index (χ3v) is 6.64. The van der Waals surface area contributed by atoms with Crippen LogP contribution >= 0.6 is 0 Å². The molecule has 0 unspecified atom stereocenters. The van der Waals surface area contributed by atoms with E-state index in [4.69, 9.17) is 11.5 Å². The fourth-order valence-corrected chi connectivity index (χ4v) is 4.46. The van der Waals surface area contributed by atoms with E-state index in [2.05, 4.69) is 15.3 Å². The van der Waals surface area contributed by atoms with Gasteiger partial charge in [-0.05, 0) is 62.7 Å². The first-order chi connectivity index (χ1) is 20.6. The van der Waals surface area contributed by atoms with Crippen molar-refractivity contribution in [2.75, 3.05) is 17.6 Å². The number of carbonyl (C=O) groups excluding carboxylic acids is 1. The monoisotopic (exact) mass is 581 g/mol. The molecule has 0 aliphatic rings. The zero-order valence-electron chi connectivity index (χ0n) is 23.7. The molecule has 218 valence electrons. The molecule has 4 aromatic rings. The van der Waals surface area contributed by atoms with Crippen molar-refractivity contribution in [1.29, 1.82) is 5.26 Å². The van der Waals surface area contributed by atoms with E-state index in [1.807, 2.05) is 13.0 Å². The predicted molar refractivity (Wildman–Crippen MR) is 164 cm³/mol. The molecule has 4 rings (SSSR count). The lowest BCUT2D eigenvalue weighted by molar-refractivity contribution is 0.102. The van der Waals surface area contributed by atoms with Gasteiger partial charge in [-0.2, -0.15) is 5.26 Å². The van der Waals surface area contributed by atoms with Crippen LogP contribution in [-0.4, -0.2) is 28.2 Å². The zero-order valence-corrected chi connectivity index (χ0v) is 23.7. The molecule has 0 aliphatic carbocycles. The number of aliphatic imine (C=N–C) groups is 1. The van der Waals surface area contributed by atoms with Gasteiger partial charge in [-0.25, -0.2) is 13.8 Å². The number of nitrogens with zero attached hydrogens (tertiary/aromatic N) is 4. The van der Waals surface area contributed by atoms with Crippen molar-refractivity contribution >= 4 is 29.2 Å². The Balaban J connectivity index is 1.72. The fourth-order valence-electron chi connectivity index (χ4n) is 4.46. The highest BCUT2D eigenvalue weighted by molar-refractivity contribution is 6.10. The molecule has 1 amide bonds. The van der Waals surface area contributed by atoms with Crippen LogP contribution in [0.3, 0.4) is 0 Å². The first-order valence-electron chi connectivity index (χ1n) is 13.3. The summed E-state index contributed by atoms with van der Waals surface area (Å²) in [6.45, 7) is 6.00. The molecule has 11 heteroatoms. The van der Waals surface area contributed by atoms with Crippen molar-refractivity contribution in [2.45, 2.75) is 26.8 Å². The van der Waals surface area contributed by atoms with Gasteiger partial charge in [-0.15, -0.1) is 0 Å². The number of aromatic nitrogens is 2. The maximum atomic E-state index is 15.4. The number of halogens is 2. The van der Waals surface area contributed by atoms with Crippen LogP contribution < -0.4 is 22.2 Å². The third-order valence-electron chi connectivity index (χ3n) is 6.64. The van der Waals surface area contributed by atoms with E-state index in [0.29, 0.717) is 23.2 Å². The van der Waals surface area contributed by atoms with Crippen LogP contribution in [0.2, 0.25) is 0 Å². The number of hydrogen-bond acceptors (Lipinski definition) is 7. The quantitative estimate of drug-likeness (QED) is 0.233. The first-order valence-corrected chi connectivity index (χ1v) is 13.3. The van der Waals surface area contributed by atoms with Crippen LogP contribution in [0.25, 0.3) is 27.8 Å². The van der Waals surface area contributed by atoms with Gasteiger partial charge in [-0.3, -0.25) is 14.6 Å². The molecule has 0 atom stereocenters. The molecule has 0 saturated carbocycles. The Morgan fingerprint density at radius 1 is 1.16 bits per heavy atom. The van der Waals surface area contributed by atoms with Crippen molar-refractivity contribution in [3.05, 3.63) is 106 Å². The number of hydrogen-bond donors (Lipinski definition) is 3. The summed E-state index contributed by atoms with van der Waals surface area (Å²) < 4.78 is 30.5. The van der Waals surface area contributed by atoms with Gasteiger partial charge >= 0.3 is 0 Å². The van der Waals surface area contributed by atoms with Gasteiger partial charge in [-0.1, -0.05) is 12.1 Å². The summed E-state index contributed by atoms with van der Waals surface area (Å²) in [5.74, 6) is -1.94. The van der Waals surface area contributed by atoms with Crippen LogP contribution in [-0.2, 0) is 0 Å². The van der Waals surface area contributed by atoms with Crippen LogP contribution in [0.5, 0.6) is 0 Å². The van der Waals surface area contributed by atoms with E-state index < -0.39 is 23.0 Å². The number of benzene rings is 2. The molecule has 0 aliphatic heterocycles. The van der Waals surface area contributed by atoms with Crippen molar-refractivity contribution in [2.24, 2.45) is 10.7 Å². The number of rotatable bonds is 8. The molecule has 0 saturated heterocycles. The van der Waals surface area contributed by atoms with Gasteiger partial charge in [0.15, 0.2) is 0 Å². The van der Waals surface area contributed by atoms with Crippen molar-refractivity contribution in [1.82, 2.24) is 9.55 Å². The molecule has 0 fully saturated rings. The molecule has 2 aromatic carbocycles. The molecule has 5 N–H and O–H groups in total. The Kier molecular flexibility index (Phi) is 9.11. The van der Waals surface area contributed by atoms with E-state index in [9.17, 15) is 19.2 Å². The second kappa shape index (κ2) is 12.9. The van der Waals surface area contributed by atoms with Gasteiger partial charge in [0, 0.05) is 65.3 Å². The molecule has 43 heavy (non-hydrogen) atoms. The van der Waals surface area contributed by atoms with Crippen molar-refractivity contribution in [3.8, 4) is 28.3 Å². The minimum Gasteiger partial charge on any atom is -0.404 e. The van der Waals surface area contributed by atoms with Crippen molar-refractivity contribution < 1.29 is 13.6 Å². The maximum absolute atomic E-state index is 15.4. The SMILES string of the molecule is CCN=CC(=CN)c1cnc(N)c(-c2ccc(NC(=O)c3cn(C(C)C)c(C#N)c(-c4ccc(F)cc4)c3=O)cc2F)c1. The molecule has 9 nitrogen and oxygen atoms in total. The minimum absolute atomic E-state index is 0.0283. The molecule has 0 bridgehead atoms. The highest BCUT2D eigenvalue weighted by atomic mass is 19.1. The number of nitrogens with one attached hydrogen (secondary N) is 1. The Morgan fingerprint density at radius 2 is 1.88 bits per heavy atom. The number of pyridine rings is 2. The fraction of sp³-hybridized carbons (Fsp3) is 0.156. The van der Waals surface area contributed by atoms with Crippen LogP contribution in [0.4, 0.5) is 20.3 Å². The summed E-state index contributed by atoms with van der Waals surface area (Å²) in [5.41, 5.74) is 12.8. The van der Waals surface area contributed by atoms with Gasteiger partial charge in [0.1, 0.15) is 34.8 Å². The summed E-state index contributed by atoms with van der Waals surface area (Å²) >= 11 is 0. The van der Waals surface area contributed by atoms with Gasteiger partial charge < -0.3 is 21.4 Å². The highest BCUT2D eigenvalue weighted by Gasteiger charge is 2.23. The number of nitrogens with two attached hydrogens (primary N) is 2. The predicted octanol–water partition coefficient (Wildman–Crippen LogP) is 5.53. The van der Waals surface area contributed by atoms with Crippen LogP contribution in [0.15, 0.2) is 76.9 Å². The zero-order chi connectivity index (χ0) is 31.3. The van der Waals surface area contributed by atoms with Crippen LogP contribution in [0, 0.1) is 23.0 Å². The summed E-state index contributed by atoms with van der Waals surface area (Å²) in [7, 11) is 0. The molecule has 0 spiro atoms. The molecular formula is C32H29F2N7O2. The summed E-state index contributed by atoms with van der Waals surface area (Å²) in [4.78, 5) is 35.2. The minimum atomic E-state index is -0.810. The Labute approximate surface area is 246 Å². The Hall–Kier alpha value is -5.63. The number of anilines is 2. The van der Waals surface area contributed by atoms with Crippen molar-refractivity contribution in [3.63, 3.8) is 0 Å². The molecule has 0 radical (unpaired) electrons. The highest BCUT2D eigenvalue weighted by Crippen LogP contribution is 2.31. The lowest BCUT2D eigenvalue weighted by Gasteiger charge is -2.18. The molecular weight excluding hydrogens is 552 g/mol. The maximum Gasteiger partial charge on any atom is 0.261 e. The number of nitriles is 1. The number of nitrogen functional groups attached to an aromatic ring is 1. The lowest BCUT2D eigenvalue weighted by atomic mass is 9.99. The van der Waals surface area contributed by atoms with E-state index in [-0.39, 0.29) is 45.5 Å². The average Bonchev–Trinajstić information content (AvgIpc) is 2.98. The Bertz CT molecular complexity index is 1850. The average molecular weight is 582 g/mol. The number of carbonyl (C=O) groups is 1. The number of amides is 1. The molecule has 2 heterocycles. The normalized spacial score (nSPS) is 11.6. The smallest absolute Gasteiger partial charge is 0.261 e. The number of allylic oxidation sites excluding steroid dienone is 1. The second-order valence-electron chi connectivity index (χ2n) is 9.77. The first kappa shape index (κ1) is 30.3. The second-order valence-corrected chi connectivity index (χ2v) is 9.77. The summed E-state index contributed by atoms with van der Waals surface area (Å²) in [6, 6.07) is 12.4. The largest absolute Gasteiger partial charge is 0.404 e. The summed E-state index contributed by atoms with van der Waals surface area (Å²) in [6.07, 6.45) is 5.75. The lowest BCUT2D eigenvalue weighted by Crippen LogP contribution is -2.27. The van der Waals surface area contributed by atoms with Gasteiger partial charge in [0.05, 0.1) is 5.56 Å². The van der Waals surface area contributed by atoms with E-state index in [0.717, 1.165) is 18.2 Å². The standard InChI is InChI=1S/C32H29F2N7O2/c1-4-38-15-21(13-35)20-11-25(31(37)39-16-20)24-10-9-23(12-27(24)34)40-32(43)26-17-41(18(2)3)28(14-36)29(30(26)42)19-5-7-22(33)8-6-19/h5-13,15-18H,4,35H2,1-3H3,(H2,37,39)(H,40,43). The Morgan fingerprint density at radius 3 is 2.49 bits per heavy atom. The van der Waals surface area contributed by atoms with Crippen LogP contribution in [0.1, 0.15) is 48.4 Å². The van der Waals surface area contributed by atoms with Gasteiger partial charge in [0.2, 0.25) is 5.43 Å². The van der Waals surface area contributed by atoms with E-state index >= 15 is 4.39 Å².